The van der Waals surface area contributed by atoms with Crippen molar-refractivity contribution in [2.75, 3.05) is 0 Å². The number of nitriles is 1. The number of aromatic amines is 1. The van der Waals surface area contributed by atoms with E-state index in [-0.39, 0.29) is 22.4 Å². The minimum absolute atomic E-state index is 0.0394. The second-order valence-electron chi connectivity index (χ2n) is 4.46. The van der Waals surface area contributed by atoms with Gasteiger partial charge in [-0.3, -0.25) is 4.79 Å². The molecule has 1 aromatic carbocycles. The van der Waals surface area contributed by atoms with Crippen molar-refractivity contribution in [3.8, 4) is 17.2 Å². The molecule has 0 amide bonds. The zero-order valence-corrected chi connectivity index (χ0v) is 13.0. The summed E-state index contributed by atoms with van der Waals surface area (Å²) in [6.07, 6.45) is -3.55. The molecule has 8 heteroatoms. The summed E-state index contributed by atoms with van der Waals surface area (Å²) in [7, 11) is 0. The molecule has 2 rings (SSSR count). The van der Waals surface area contributed by atoms with Crippen LogP contribution in [0.25, 0.3) is 11.1 Å². The molecule has 1 heterocycles. The van der Waals surface area contributed by atoms with Crippen LogP contribution in [0.15, 0.2) is 24.4 Å². The molecule has 0 spiro atoms. The molecule has 2 aromatic rings. The van der Waals surface area contributed by atoms with Crippen molar-refractivity contribution in [2.24, 2.45) is 0 Å². The number of aromatic nitrogens is 1. The molecule has 0 saturated heterocycles. The van der Waals surface area contributed by atoms with Crippen LogP contribution in [0.5, 0.6) is 0 Å². The predicted octanol–water partition coefficient (Wildman–Crippen LogP) is 3.80. The molecule has 22 heavy (non-hydrogen) atoms. The zero-order valence-electron chi connectivity index (χ0n) is 10.8. The maximum Gasteiger partial charge on any atom is 0.416 e. The molecule has 0 atom stereocenters. The van der Waals surface area contributed by atoms with Crippen LogP contribution < -0.4 is 0 Å². The van der Waals surface area contributed by atoms with Crippen LogP contribution >= 0.6 is 22.6 Å². The second-order valence-corrected chi connectivity index (χ2v) is 5.71. The number of nitrogens with one attached hydrogen (secondary N) is 1. The number of carboxylic acids is 1. The van der Waals surface area contributed by atoms with Gasteiger partial charge in [-0.2, -0.15) is 18.4 Å². The van der Waals surface area contributed by atoms with Crippen LogP contribution in [-0.4, -0.2) is 16.1 Å². The number of hydrogen-bond donors (Lipinski definition) is 2. The highest BCUT2D eigenvalue weighted by Crippen LogP contribution is 2.35. The molecular weight excluding hydrogens is 412 g/mol. The minimum atomic E-state index is -4.50. The van der Waals surface area contributed by atoms with Crippen molar-refractivity contribution < 1.29 is 23.1 Å². The van der Waals surface area contributed by atoms with E-state index in [1.165, 1.54) is 12.3 Å². The van der Waals surface area contributed by atoms with Crippen LogP contribution in [0.1, 0.15) is 16.8 Å². The van der Waals surface area contributed by atoms with Gasteiger partial charge < -0.3 is 10.1 Å². The van der Waals surface area contributed by atoms with Crippen LogP contribution in [0.4, 0.5) is 13.2 Å². The van der Waals surface area contributed by atoms with Gasteiger partial charge >= 0.3 is 12.1 Å². The number of aliphatic carboxylic acids is 1. The smallest absolute Gasteiger partial charge is 0.416 e. The number of benzene rings is 1. The Morgan fingerprint density at radius 1 is 1.36 bits per heavy atom. The van der Waals surface area contributed by atoms with Crippen molar-refractivity contribution in [3.05, 3.63) is 44.8 Å². The Bertz CT molecular complexity index is 775. The van der Waals surface area contributed by atoms with Crippen molar-refractivity contribution in [2.45, 2.75) is 12.6 Å². The van der Waals surface area contributed by atoms with Gasteiger partial charge in [0.1, 0.15) is 6.07 Å². The number of carbonyl (C=O) groups is 1. The first-order valence-corrected chi connectivity index (χ1v) is 7.00. The highest BCUT2D eigenvalue weighted by molar-refractivity contribution is 14.1. The summed E-state index contributed by atoms with van der Waals surface area (Å²) >= 11 is 1.76. The lowest BCUT2D eigenvalue weighted by Gasteiger charge is -2.09. The fourth-order valence-electron chi connectivity index (χ4n) is 2.02. The first-order chi connectivity index (χ1) is 10.2. The van der Waals surface area contributed by atoms with Gasteiger partial charge in [0, 0.05) is 21.0 Å². The van der Waals surface area contributed by atoms with E-state index < -0.39 is 24.1 Å². The molecule has 0 aliphatic carbocycles. The van der Waals surface area contributed by atoms with Gasteiger partial charge in [-0.05, 0) is 46.4 Å². The minimum Gasteiger partial charge on any atom is -0.481 e. The first kappa shape index (κ1) is 16.4. The Balaban J connectivity index is 2.58. The number of alkyl halides is 3. The third-order valence-corrected chi connectivity index (χ3v) is 3.56. The van der Waals surface area contributed by atoms with Crippen LogP contribution in [0.3, 0.4) is 0 Å². The molecule has 0 saturated carbocycles. The van der Waals surface area contributed by atoms with E-state index in [0.717, 1.165) is 12.1 Å². The van der Waals surface area contributed by atoms with Crippen molar-refractivity contribution in [3.63, 3.8) is 0 Å². The third kappa shape index (κ3) is 3.41. The zero-order chi connectivity index (χ0) is 16.5. The molecule has 1 aromatic heterocycles. The van der Waals surface area contributed by atoms with E-state index in [0.29, 0.717) is 3.57 Å². The lowest BCUT2D eigenvalue weighted by atomic mass is 10.0. The maximum absolute atomic E-state index is 12.9. The van der Waals surface area contributed by atoms with Crippen LogP contribution in [-0.2, 0) is 17.4 Å². The standard InChI is InChI=1S/C14H8F3IN2O2/c15-14(16,17)8-1-7(2-9(18)3-8)11-6-20-12(4-13(21)22)10(11)5-19/h1-3,6,20H,4H2,(H,21,22). The van der Waals surface area contributed by atoms with Crippen molar-refractivity contribution in [1.82, 2.24) is 4.98 Å². The monoisotopic (exact) mass is 420 g/mol. The molecule has 114 valence electrons. The molecule has 0 radical (unpaired) electrons. The Kier molecular flexibility index (Phi) is 4.46. The summed E-state index contributed by atoms with van der Waals surface area (Å²) < 4.78 is 39.0. The first-order valence-electron chi connectivity index (χ1n) is 5.92. The molecule has 0 unspecified atom stereocenters. The van der Waals surface area contributed by atoms with Crippen molar-refractivity contribution >= 4 is 28.6 Å². The number of halogens is 4. The van der Waals surface area contributed by atoms with Gasteiger partial charge in [-0.15, -0.1) is 0 Å². The van der Waals surface area contributed by atoms with Gasteiger partial charge in [0.25, 0.3) is 0 Å². The van der Waals surface area contributed by atoms with Gasteiger partial charge in [-0.1, -0.05) is 0 Å². The maximum atomic E-state index is 12.9. The average molecular weight is 420 g/mol. The number of nitrogens with zero attached hydrogens (tertiary/aromatic N) is 1. The number of carboxylic acid groups (broad SMARTS) is 1. The molecule has 4 nitrogen and oxygen atoms in total. The quantitative estimate of drug-likeness (QED) is 0.742. The Morgan fingerprint density at radius 2 is 2.05 bits per heavy atom. The highest BCUT2D eigenvalue weighted by Gasteiger charge is 2.31. The Morgan fingerprint density at radius 3 is 2.59 bits per heavy atom. The van der Waals surface area contributed by atoms with E-state index in [4.69, 9.17) is 5.11 Å². The third-order valence-electron chi connectivity index (χ3n) is 2.94. The van der Waals surface area contributed by atoms with E-state index in [9.17, 15) is 23.2 Å². The number of hydrogen-bond acceptors (Lipinski definition) is 2. The molecule has 0 fully saturated rings. The predicted molar refractivity (Wildman–Crippen MR) is 80.0 cm³/mol. The molecule has 0 aliphatic heterocycles. The summed E-state index contributed by atoms with van der Waals surface area (Å²) in [5, 5.41) is 18.0. The summed E-state index contributed by atoms with van der Waals surface area (Å²) in [4.78, 5) is 13.4. The van der Waals surface area contributed by atoms with Gasteiger partial charge in [0.15, 0.2) is 0 Å². The summed E-state index contributed by atoms with van der Waals surface area (Å²) in [6, 6.07) is 5.29. The summed E-state index contributed by atoms with van der Waals surface area (Å²) in [6.45, 7) is 0. The van der Waals surface area contributed by atoms with Crippen LogP contribution in [0, 0.1) is 14.9 Å². The summed E-state index contributed by atoms with van der Waals surface area (Å²) in [5.41, 5.74) is -0.152. The Labute approximate surface area is 136 Å². The van der Waals surface area contributed by atoms with Crippen LogP contribution in [0.2, 0.25) is 0 Å². The number of H-pyrrole nitrogens is 1. The van der Waals surface area contributed by atoms with Gasteiger partial charge in [-0.25, -0.2) is 0 Å². The lowest BCUT2D eigenvalue weighted by Crippen LogP contribution is -2.05. The van der Waals surface area contributed by atoms with E-state index in [2.05, 4.69) is 4.98 Å². The largest absolute Gasteiger partial charge is 0.481 e. The molecule has 0 aliphatic rings. The fraction of sp³-hybridized carbons (Fsp3) is 0.143. The van der Waals surface area contributed by atoms with E-state index in [1.807, 2.05) is 6.07 Å². The lowest BCUT2D eigenvalue weighted by molar-refractivity contribution is -0.138. The number of rotatable bonds is 3. The van der Waals surface area contributed by atoms with E-state index in [1.54, 1.807) is 22.6 Å². The molecule has 2 N–H and O–H groups in total. The molecular formula is C14H8F3IN2O2. The SMILES string of the molecule is N#Cc1c(-c2cc(I)cc(C(F)(F)F)c2)c[nH]c1CC(=O)O. The summed E-state index contributed by atoms with van der Waals surface area (Å²) in [5.74, 6) is -1.14. The average Bonchev–Trinajstić information content (AvgIpc) is 2.78. The van der Waals surface area contributed by atoms with Gasteiger partial charge in [0.05, 0.1) is 17.5 Å². The topological polar surface area (TPSA) is 76.9 Å². The molecule has 0 bridgehead atoms. The Hall–Kier alpha value is -2.02. The fourth-order valence-corrected chi connectivity index (χ4v) is 2.69. The van der Waals surface area contributed by atoms with Crippen molar-refractivity contribution in [1.29, 1.82) is 5.26 Å². The van der Waals surface area contributed by atoms with E-state index >= 15 is 0 Å². The highest BCUT2D eigenvalue weighted by atomic mass is 127. The second kappa shape index (κ2) is 6.00. The normalized spacial score (nSPS) is 11.2. The van der Waals surface area contributed by atoms with Gasteiger partial charge in [0.2, 0.25) is 0 Å².